The summed E-state index contributed by atoms with van der Waals surface area (Å²) >= 11 is 0. The molecular formula is C17H27FIN5O2. The first kappa shape index (κ1) is 22.4. The van der Waals surface area contributed by atoms with Crippen molar-refractivity contribution < 1.29 is 13.9 Å². The monoisotopic (exact) mass is 479 g/mol. The number of carbonyl (C=O) groups excluding carboxylic acids is 1. The summed E-state index contributed by atoms with van der Waals surface area (Å²) in [6, 6.07) is 3.18. The molecule has 1 fully saturated rings. The lowest BCUT2D eigenvalue weighted by Crippen LogP contribution is -2.45. The second kappa shape index (κ2) is 11.9. The number of carbonyl (C=O) groups is 1. The number of ether oxygens (including phenoxy) is 1. The van der Waals surface area contributed by atoms with E-state index >= 15 is 0 Å². The van der Waals surface area contributed by atoms with Crippen LogP contribution in [0.15, 0.2) is 23.3 Å². The number of aliphatic imine (C=N–C) groups is 1. The normalized spacial score (nSPS) is 16.8. The van der Waals surface area contributed by atoms with Crippen molar-refractivity contribution in [2.45, 2.75) is 32.2 Å². The van der Waals surface area contributed by atoms with Crippen LogP contribution in [0.1, 0.15) is 26.2 Å². The number of hydrogen-bond acceptors (Lipinski definition) is 5. The molecule has 1 aliphatic rings. The molecule has 2 heterocycles. The summed E-state index contributed by atoms with van der Waals surface area (Å²) in [4.78, 5) is 21.5. The molecule has 26 heavy (non-hydrogen) atoms. The Bertz CT molecular complexity index is 602. The lowest BCUT2D eigenvalue weighted by molar-refractivity contribution is -0.143. The highest BCUT2D eigenvalue weighted by atomic mass is 127. The minimum absolute atomic E-state index is 0. The van der Waals surface area contributed by atoms with Crippen LogP contribution in [0.5, 0.6) is 0 Å². The molecule has 2 rings (SSSR count). The van der Waals surface area contributed by atoms with Gasteiger partial charge in [0.25, 0.3) is 0 Å². The minimum Gasteiger partial charge on any atom is -0.466 e. The number of esters is 1. The van der Waals surface area contributed by atoms with Crippen molar-refractivity contribution >= 4 is 41.7 Å². The van der Waals surface area contributed by atoms with Crippen LogP contribution < -0.4 is 15.5 Å². The predicted molar refractivity (Wildman–Crippen MR) is 111 cm³/mol. The van der Waals surface area contributed by atoms with E-state index in [1.54, 1.807) is 26.2 Å². The fraction of sp³-hybridized carbons (Fsp3) is 0.588. The van der Waals surface area contributed by atoms with Gasteiger partial charge in [0.05, 0.1) is 6.61 Å². The summed E-state index contributed by atoms with van der Waals surface area (Å²) in [5, 5.41) is 6.51. The molecule has 1 atom stereocenters. The fourth-order valence-electron chi connectivity index (χ4n) is 2.74. The molecule has 1 aromatic rings. The molecule has 2 N–H and O–H groups in total. The Morgan fingerprint density at radius 3 is 3.04 bits per heavy atom. The van der Waals surface area contributed by atoms with E-state index in [9.17, 15) is 9.18 Å². The largest absolute Gasteiger partial charge is 0.466 e. The lowest BCUT2D eigenvalue weighted by Gasteiger charge is -2.19. The number of anilines is 1. The highest BCUT2D eigenvalue weighted by Gasteiger charge is 2.25. The van der Waals surface area contributed by atoms with Crippen molar-refractivity contribution in [2.24, 2.45) is 4.99 Å². The van der Waals surface area contributed by atoms with Crippen LogP contribution in [-0.4, -0.2) is 56.2 Å². The molecule has 0 aromatic carbocycles. The van der Waals surface area contributed by atoms with Gasteiger partial charge < -0.3 is 20.3 Å². The molecule has 1 unspecified atom stereocenters. The Labute approximate surface area is 170 Å². The average Bonchev–Trinajstić information content (AvgIpc) is 3.06. The molecule has 0 aliphatic carbocycles. The van der Waals surface area contributed by atoms with Crippen molar-refractivity contribution in [3.8, 4) is 0 Å². The van der Waals surface area contributed by atoms with Gasteiger partial charge in [0.15, 0.2) is 17.6 Å². The van der Waals surface area contributed by atoms with Crippen molar-refractivity contribution in [1.29, 1.82) is 0 Å². The van der Waals surface area contributed by atoms with E-state index in [1.807, 2.05) is 4.90 Å². The number of rotatable bonds is 7. The first-order valence-corrected chi connectivity index (χ1v) is 8.62. The highest BCUT2D eigenvalue weighted by molar-refractivity contribution is 14.0. The predicted octanol–water partition coefficient (Wildman–Crippen LogP) is 1.93. The molecule has 1 aromatic heterocycles. The zero-order valence-corrected chi connectivity index (χ0v) is 17.5. The van der Waals surface area contributed by atoms with Crippen LogP contribution in [0.3, 0.4) is 0 Å². The third-order valence-corrected chi connectivity index (χ3v) is 3.95. The maximum Gasteiger partial charge on any atom is 0.305 e. The van der Waals surface area contributed by atoms with E-state index in [-0.39, 0.29) is 41.8 Å². The van der Waals surface area contributed by atoms with Gasteiger partial charge in [0.2, 0.25) is 0 Å². The third-order valence-electron chi connectivity index (χ3n) is 3.95. The second-order valence-electron chi connectivity index (χ2n) is 5.79. The topological polar surface area (TPSA) is 78.8 Å². The molecule has 1 saturated heterocycles. The zero-order chi connectivity index (χ0) is 18.1. The molecule has 1 aliphatic heterocycles. The van der Waals surface area contributed by atoms with E-state index in [4.69, 9.17) is 4.74 Å². The number of guanidine groups is 1. The van der Waals surface area contributed by atoms with E-state index in [0.29, 0.717) is 44.3 Å². The summed E-state index contributed by atoms with van der Waals surface area (Å²) in [6.45, 7) is 4.24. The molecule has 7 nitrogen and oxygen atoms in total. The van der Waals surface area contributed by atoms with E-state index < -0.39 is 0 Å². The maximum atomic E-state index is 13.8. The van der Waals surface area contributed by atoms with Crippen molar-refractivity contribution in [3.05, 3.63) is 24.1 Å². The fourth-order valence-corrected chi connectivity index (χ4v) is 2.74. The number of pyridine rings is 1. The van der Waals surface area contributed by atoms with Crippen LogP contribution >= 0.6 is 24.0 Å². The highest BCUT2D eigenvalue weighted by Crippen LogP contribution is 2.20. The smallest absolute Gasteiger partial charge is 0.305 e. The van der Waals surface area contributed by atoms with Crippen molar-refractivity contribution in [3.63, 3.8) is 0 Å². The zero-order valence-electron chi connectivity index (χ0n) is 15.2. The average molecular weight is 479 g/mol. The second-order valence-corrected chi connectivity index (χ2v) is 5.79. The van der Waals surface area contributed by atoms with Crippen molar-refractivity contribution in [1.82, 2.24) is 15.6 Å². The summed E-state index contributed by atoms with van der Waals surface area (Å²) in [5.74, 6) is 0.585. The van der Waals surface area contributed by atoms with Gasteiger partial charge in [-0.25, -0.2) is 9.37 Å². The number of halogens is 2. The van der Waals surface area contributed by atoms with Gasteiger partial charge in [-0.2, -0.15) is 0 Å². The van der Waals surface area contributed by atoms with E-state index in [0.717, 1.165) is 13.0 Å². The minimum atomic E-state index is -0.301. The quantitative estimate of drug-likeness (QED) is 0.205. The van der Waals surface area contributed by atoms with Crippen LogP contribution in [0.25, 0.3) is 0 Å². The van der Waals surface area contributed by atoms with Gasteiger partial charge in [-0.3, -0.25) is 9.79 Å². The summed E-state index contributed by atoms with van der Waals surface area (Å²) in [5.41, 5.74) is 0. The van der Waals surface area contributed by atoms with Gasteiger partial charge in [0, 0.05) is 45.3 Å². The van der Waals surface area contributed by atoms with Crippen LogP contribution in [0, 0.1) is 5.82 Å². The molecule has 146 valence electrons. The Hall–Kier alpha value is -1.65. The molecule has 0 amide bonds. The number of hydrogen-bond donors (Lipinski definition) is 2. The third kappa shape index (κ3) is 6.93. The van der Waals surface area contributed by atoms with Crippen molar-refractivity contribution in [2.75, 3.05) is 38.2 Å². The van der Waals surface area contributed by atoms with Gasteiger partial charge in [0.1, 0.15) is 0 Å². The van der Waals surface area contributed by atoms with Crippen LogP contribution in [-0.2, 0) is 9.53 Å². The SMILES string of the molecule is CCOC(=O)CCCNC(=NC)NC1CCN(c2ncccc2F)C1.I. The Kier molecular flexibility index (Phi) is 10.2. The molecule has 0 spiro atoms. The van der Waals surface area contributed by atoms with Gasteiger partial charge in [-0.05, 0) is 31.9 Å². The Morgan fingerprint density at radius 1 is 1.54 bits per heavy atom. The Balaban J connectivity index is 0.00000338. The summed E-state index contributed by atoms with van der Waals surface area (Å²) in [7, 11) is 1.70. The molecule has 9 heteroatoms. The molecule has 0 bridgehead atoms. The number of nitrogens with one attached hydrogen (secondary N) is 2. The summed E-state index contributed by atoms with van der Waals surface area (Å²) in [6.07, 6.45) is 3.53. The standard InChI is InChI=1S/C17H26FN5O2.HI/c1-3-25-15(24)7-5-10-21-17(19-2)22-13-8-11-23(12-13)16-14(18)6-4-9-20-16;/h4,6,9,13H,3,5,7-8,10-12H2,1-2H3,(H2,19,21,22);1H. The number of aromatic nitrogens is 1. The van der Waals surface area contributed by atoms with Gasteiger partial charge >= 0.3 is 5.97 Å². The maximum absolute atomic E-state index is 13.8. The van der Waals surface area contributed by atoms with E-state index in [1.165, 1.54) is 6.07 Å². The first-order valence-electron chi connectivity index (χ1n) is 8.62. The first-order chi connectivity index (χ1) is 12.1. The summed E-state index contributed by atoms with van der Waals surface area (Å²) < 4.78 is 18.7. The number of nitrogens with zero attached hydrogens (tertiary/aromatic N) is 3. The Morgan fingerprint density at radius 2 is 2.35 bits per heavy atom. The lowest BCUT2D eigenvalue weighted by atomic mass is 10.2. The molecule has 0 radical (unpaired) electrons. The molecular weight excluding hydrogens is 452 g/mol. The molecule has 0 saturated carbocycles. The van der Waals surface area contributed by atoms with Crippen LogP contribution in [0.4, 0.5) is 10.2 Å². The van der Waals surface area contributed by atoms with Gasteiger partial charge in [-0.15, -0.1) is 24.0 Å². The van der Waals surface area contributed by atoms with Crippen LogP contribution in [0.2, 0.25) is 0 Å². The van der Waals surface area contributed by atoms with Gasteiger partial charge in [-0.1, -0.05) is 0 Å². The van der Waals surface area contributed by atoms with E-state index in [2.05, 4.69) is 20.6 Å².